The molecule has 0 unspecified atom stereocenters. The van der Waals surface area contributed by atoms with Gasteiger partial charge < -0.3 is 9.47 Å². The third-order valence-electron chi connectivity index (χ3n) is 6.86. The highest BCUT2D eigenvalue weighted by atomic mass is 16.7. The summed E-state index contributed by atoms with van der Waals surface area (Å²) in [5, 5.41) is 0. The Kier molecular flexibility index (Phi) is 7.78. The molecule has 3 rings (SSSR count). The average Bonchev–Trinajstić information content (AvgIpc) is 2.71. The van der Waals surface area contributed by atoms with Crippen LogP contribution in [0.4, 0.5) is 0 Å². The van der Waals surface area contributed by atoms with Crippen molar-refractivity contribution in [3.05, 3.63) is 35.4 Å². The first-order chi connectivity index (χ1) is 13.1. The Morgan fingerprint density at radius 1 is 0.815 bits per heavy atom. The highest BCUT2D eigenvalue weighted by Gasteiger charge is 2.34. The van der Waals surface area contributed by atoms with Crippen LogP contribution in [-0.2, 0) is 15.3 Å². The fourth-order valence-electron chi connectivity index (χ4n) is 4.91. The lowest BCUT2D eigenvalue weighted by atomic mass is 9.77. The Labute approximate surface area is 167 Å². The standard InChI is InChI=1S/C25H40O2/c1-4-6-7-9-21-18-26-25(3,27-19-21)24-16-14-23(15-17-24)22-12-10-20(8-5-2)11-13-22/h14-17,20-22H,4-13,18-19H2,1-3H3/t20-,21-,22-,25-. The number of unbranched alkanes of at least 4 members (excludes halogenated alkanes) is 2. The van der Waals surface area contributed by atoms with Crippen molar-refractivity contribution in [3.8, 4) is 0 Å². The lowest BCUT2D eigenvalue weighted by Crippen LogP contribution is -2.39. The molecule has 0 aromatic heterocycles. The highest BCUT2D eigenvalue weighted by Crippen LogP contribution is 2.39. The molecule has 27 heavy (non-hydrogen) atoms. The van der Waals surface area contributed by atoms with Crippen LogP contribution < -0.4 is 0 Å². The minimum absolute atomic E-state index is 0.558. The smallest absolute Gasteiger partial charge is 0.191 e. The predicted molar refractivity (Wildman–Crippen MR) is 113 cm³/mol. The van der Waals surface area contributed by atoms with Crippen LogP contribution in [0.2, 0.25) is 0 Å². The second-order valence-corrected chi connectivity index (χ2v) is 9.06. The number of ether oxygens (including phenoxy) is 2. The number of hydrogen-bond donors (Lipinski definition) is 0. The van der Waals surface area contributed by atoms with Crippen molar-refractivity contribution < 1.29 is 9.47 Å². The van der Waals surface area contributed by atoms with Gasteiger partial charge in [-0.1, -0.05) is 70.2 Å². The quantitative estimate of drug-likeness (QED) is 0.450. The van der Waals surface area contributed by atoms with E-state index >= 15 is 0 Å². The first-order valence-electron chi connectivity index (χ1n) is 11.5. The largest absolute Gasteiger partial charge is 0.346 e. The summed E-state index contributed by atoms with van der Waals surface area (Å²) in [7, 11) is 0. The average molecular weight is 373 g/mol. The van der Waals surface area contributed by atoms with E-state index in [2.05, 4.69) is 45.0 Å². The Morgan fingerprint density at radius 2 is 1.48 bits per heavy atom. The van der Waals surface area contributed by atoms with Gasteiger partial charge in [-0.3, -0.25) is 0 Å². The van der Waals surface area contributed by atoms with Gasteiger partial charge in [0.2, 0.25) is 0 Å². The minimum Gasteiger partial charge on any atom is -0.346 e. The molecule has 0 atom stereocenters. The van der Waals surface area contributed by atoms with Gasteiger partial charge in [0.15, 0.2) is 5.79 Å². The molecule has 0 bridgehead atoms. The Morgan fingerprint density at radius 3 is 2.07 bits per heavy atom. The Balaban J connectivity index is 1.51. The zero-order valence-electron chi connectivity index (χ0n) is 17.8. The number of hydrogen-bond acceptors (Lipinski definition) is 2. The van der Waals surface area contributed by atoms with E-state index in [4.69, 9.17) is 9.47 Å². The van der Waals surface area contributed by atoms with E-state index in [0.717, 1.165) is 30.6 Å². The zero-order valence-corrected chi connectivity index (χ0v) is 17.8. The molecule has 2 heteroatoms. The molecular weight excluding hydrogens is 332 g/mol. The van der Waals surface area contributed by atoms with Crippen LogP contribution in [0.15, 0.2) is 24.3 Å². The number of benzene rings is 1. The molecule has 0 spiro atoms. The molecule has 1 saturated heterocycles. The molecule has 2 nitrogen and oxygen atoms in total. The van der Waals surface area contributed by atoms with Gasteiger partial charge in [0.05, 0.1) is 13.2 Å². The lowest BCUT2D eigenvalue weighted by Gasteiger charge is -2.38. The molecule has 0 amide bonds. The monoisotopic (exact) mass is 372 g/mol. The van der Waals surface area contributed by atoms with Crippen molar-refractivity contribution >= 4 is 0 Å². The summed E-state index contributed by atoms with van der Waals surface area (Å²) >= 11 is 0. The summed E-state index contributed by atoms with van der Waals surface area (Å²) in [5.74, 6) is 1.70. The van der Waals surface area contributed by atoms with Crippen LogP contribution in [0.3, 0.4) is 0 Å². The van der Waals surface area contributed by atoms with E-state index in [1.807, 2.05) is 0 Å². The SMILES string of the molecule is CCCCC[C@H]1CO[C@](C)(c2ccc([C@H]3CC[C@H](CCC)CC3)cc2)OC1. The van der Waals surface area contributed by atoms with E-state index in [1.54, 1.807) is 0 Å². The maximum absolute atomic E-state index is 6.20. The van der Waals surface area contributed by atoms with E-state index in [0.29, 0.717) is 5.92 Å². The minimum atomic E-state index is -0.571. The van der Waals surface area contributed by atoms with Crippen molar-refractivity contribution in [1.29, 1.82) is 0 Å². The zero-order chi connectivity index (χ0) is 19.1. The molecule has 1 aromatic carbocycles. The molecule has 1 aromatic rings. The van der Waals surface area contributed by atoms with Gasteiger partial charge in [-0.05, 0) is 56.4 Å². The van der Waals surface area contributed by atoms with Gasteiger partial charge in [-0.25, -0.2) is 0 Å². The molecule has 152 valence electrons. The van der Waals surface area contributed by atoms with Crippen LogP contribution in [0.5, 0.6) is 0 Å². The van der Waals surface area contributed by atoms with Gasteiger partial charge in [-0.2, -0.15) is 0 Å². The maximum atomic E-state index is 6.20. The van der Waals surface area contributed by atoms with Gasteiger partial charge in [0.25, 0.3) is 0 Å². The normalized spacial score (nSPS) is 31.7. The summed E-state index contributed by atoms with van der Waals surface area (Å²) in [6, 6.07) is 9.13. The van der Waals surface area contributed by atoms with Crippen LogP contribution >= 0.6 is 0 Å². The van der Waals surface area contributed by atoms with Gasteiger partial charge in [0.1, 0.15) is 0 Å². The van der Waals surface area contributed by atoms with Crippen molar-refractivity contribution in [2.75, 3.05) is 13.2 Å². The molecule has 2 fully saturated rings. The van der Waals surface area contributed by atoms with Crippen LogP contribution in [0.1, 0.15) is 102 Å². The molecule has 1 aliphatic carbocycles. The van der Waals surface area contributed by atoms with Crippen molar-refractivity contribution in [1.82, 2.24) is 0 Å². The first kappa shape index (κ1) is 20.9. The second kappa shape index (κ2) is 10.1. The maximum Gasteiger partial charge on any atom is 0.191 e. The topological polar surface area (TPSA) is 18.5 Å². The molecule has 1 saturated carbocycles. The van der Waals surface area contributed by atoms with Crippen molar-refractivity contribution in [3.63, 3.8) is 0 Å². The van der Waals surface area contributed by atoms with E-state index < -0.39 is 5.79 Å². The molecule has 2 aliphatic rings. The third kappa shape index (κ3) is 5.57. The highest BCUT2D eigenvalue weighted by molar-refractivity contribution is 5.28. The molecule has 0 radical (unpaired) electrons. The molecule has 1 heterocycles. The summed E-state index contributed by atoms with van der Waals surface area (Å²) in [4.78, 5) is 0. The summed E-state index contributed by atoms with van der Waals surface area (Å²) in [6.45, 7) is 8.30. The lowest BCUT2D eigenvalue weighted by molar-refractivity contribution is -0.282. The van der Waals surface area contributed by atoms with Gasteiger partial charge >= 0.3 is 0 Å². The van der Waals surface area contributed by atoms with Crippen LogP contribution in [0.25, 0.3) is 0 Å². The van der Waals surface area contributed by atoms with Crippen LogP contribution in [-0.4, -0.2) is 13.2 Å². The predicted octanol–water partition coefficient (Wildman–Crippen LogP) is 7.18. The summed E-state index contributed by atoms with van der Waals surface area (Å²) in [6.07, 6.45) is 13.4. The van der Waals surface area contributed by atoms with Crippen LogP contribution in [0, 0.1) is 11.8 Å². The fraction of sp³-hybridized carbons (Fsp3) is 0.760. The van der Waals surface area contributed by atoms with Gasteiger partial charge in [0, 0.05) is 11.5 Å². The van der Waals surface area contributed by atoms with E-state index in [1.165, 1.54) is 69.8 Å². The third-order valence-corrected chi connectivity index (χ3v) is 6.86. The second-order valence-electron chi connectivity index (χ2n) is 9.06. The van der Waals surface area contributed by atoms with E-state index in [9.17, 15) is 0 Å². The summed E-state index contributed by atoms with van der Waals surface area (Å²) in [5.41, 5.74) is 2.67. The summed E-state index contributed by atoms with van der Waals surface area (Å²) < 4.78 is 12.4. The molecule has 0 N–H and O–H groups in total. The van der Waals surface area contributed by atoms with Crippen molar-refractivity contribution in [2.45, 2.75) is 96.7 Å². The molecular formula is C25H40O2. The fourth-order valence-corrected chi connectivity index (χ4v) is 4.91. The van der Waals surface area contributed by atoms with Gasteiger partial charge in [-0.15, -0.1) is 0 Å². The molecule has 1 aliphatic heterocycles. The van der Waals surface area contributed by atoms with Crippen molar-refractivity contribution in [2.24, 2.45) is 11.8 Å². The first-order valence-corrected chi connectivity index (χ1v) is 11.5. The van der Waals surface area contributed by atoms with E-state index in [-0.39, 0.29) is 0 Å². The Bertz CT molecular complexity index is 534. The number of rotatable bonds is 8. The Hall–Kier alpha value is -0.860.